The molecule has 1 N–H and O–H groups in total. The highest BCUT2D eigenvalue weighted by Crippen LogP contribution is 2.33. The van der Waals surface area contributed by atoms with E-state index in [0.29, 0.717) is 6.61 Å². The van der Waals surface area contributed by atoms with Crippen molar-refractivity contribution in [2.75, 3.05) is 18.9 Å². The van der Waals surface area contributed by atoms with Crippen molar-refractivity contribution in [3.05, 3.63) is 48.0 Å². The van der Waals surface area contributed by atoms with Gasteiger partial charge in [-0.3, -0.25) is 5.21 Å². The number of hydrogen-bond acceptors (Lipinski definition) is 5. The van der Waals surface area contributed by atoms with Gasteiger partial charge in [-0.05, 0) is 48.0 Å². The van der Waals surface area contributed by atoms with Gasteiger partial charge in [-0.25, -0.2) is 4.84 Å². The van der Waals surface area contributed by atoms with Crippen LogP contribution in [0.1, 0.15) is 5.56 Å². The maximum Gasteiger partial charge on any atom is 0.118 e. The minimum atomic E-state index is 0. The van der Waals surface area contributed by atoms with Gasteiger partial charge in [0.2, 0.25) is 0 Å². The molecule has 0 bridgehead atoms. The lowest BCUT2D eigenvalue weighted by molar-refractivity contribution is -0.0473. The Balaban J connectivity index is 0.00000161. The lowest BCUT2D eigenvalue weighted by atomic mass is 10.1. The third-order valence-electron chi connectivity index (χ3n) is 3.14. The first-order valence-corrected chi connectivity index (χ1v) is 7.14. The van der Waals surface area contributed by atoms with Gasteiger partial charge in [-0.1, -0.05) is 11.8 Å². The molecule has 0 saturated carbocycles. The van der Waals surface area contributed by atoms with Gasteiger partial charge in [-0.2, -0.15) is 0 Å². The Hall–Kier alpha value is -1.63. The van der Waals surface area contributed by atoms with Crippen molar-refractivity contribution >= 4 is 25.9 Å². The molecular weight excluding hydrogens is 285 g/mol. The van der Waals surface area contributed by atoms with Crippen LogP contribution < -0.4 is 9.96 Å². The molecule has 0 unspecified atom stereocenters. The molecule has 21 heavy (non-hydrogen) atoms. The van der Waals surface area contributed by atoms with Gasteiger partial charge in [0, 0.05) is 24.6 Å². The van der Waals surface area contributed by atoms with Crippen LogP contribution in [0.3, 0.4) is 0 Å². The SMILES string of the molecule is COc1ccc(Sc2ccc3c(c2)CCON3O)cc1.[B]. The Morgan fingerprint density at radius 3 is 2.57 bits per heavy atom. The number of nitrogens with zero attached hydrogens (tertiary/aromatic N) is 1. The zero-order valence-corrected chi connectivity index (χ0v) is 12.5. The van der Waals surface area contributed by atoms with Gasteiger partial charge in [0.05, 0.1) is 19.4 Å². The molecule has 0 atom stereocenters. The second-order valence-corrected chi connectivity index (χ2v) is 5.57. The maximum absolute atomic E-state index is 9.59. The number of benzene rings is 2. The lowest BCUT2D eigenvalue weighted by Gasteiger charge is -2.24. The maximum atomic E-state index is 9.59. The van der Waals surface area contributed by atoms with Crippen LogP contribution in [-0.4, -0.2) is 27.3 Å². The molecule has 0 spiro atoms. The van der Waals surface area contributed by atoms with Gasteiger partial charge >= 0.3 is 0 Å². The zero-order chi connectivity index (χ0) is 13.9. The summed E-state index contributed by atoms with van der Waals surface area (Å²) in [5, 5.41) is 10.4. The molecule has 0 fully saturated rings. The smallest absolute Gasteiger partial charge is 0.118 e. The van der Waals surface area contributed by atoms with Crippen LogP contribution >= 0.6 is 11.8 Å². The molecule has 0 saturated heterocycles. The van der Waals surface area contributed by atoms with E-state index in [1.165, 1.54) is 0 Å². The Morgan fingerprint density at radius 2 is 1.86 bits per heavy atom. The van der Waals surface area contributed by atoms with Gasteiger partial charge in [0.15, 0.2) is 0 Å². The summed E-state index contributed by atoms with van der Waals surface area (Å²) in [5.41, 5.74) is 1.81. The van der Waals surface area contributed by atoms with Crippen LogP contribution in [-0.2, 0) is 11.3 Å². The average Bonchev–Trinajstić information content (AvgIpc) is 2.48. The first-order valence-electron chi connectivity index (χ1n) is 6.33. The highest BCUT2D eigenvalue weighted by Gasteiger charge is 2.16. The third kappa shape index (κ3) is 3.53. The molecule has 0 amide bonds. The number of methoxy groups -OCH3 is 1. The monoisotopic (exact) mass is 300 g/mol. The first kappa shape index (κ1) is 15.8. The molecule has 1 heterocycles. The number of ether oxygens (including phenoxy) is 1. The molecule has 1 aliphatic heterocycles. The largest absolute Gasteiger partial charge is 0.497 e. The molecule has 0 aliphatic carbocycles. The number of hydrogen-bond donors (Lipinski definition) is 1. The van der Waals surface area contributed by atoms with Crippen molar-refractivity contribution in [1.29, 1.82) is 0 Å². The third-order valence-corrected chi connectivity index (χ3v) is 4.13. The molecule has 3 radical (unpaired) electrons. The minimum absolute atomic E-state index is 0. The summed E-state index contributed by atoms with van der Waals surface area (Å²) < 4.78 is 5.15. The fourth-order valence-corrected chi connectivity index (χ4v) is 2.99. The van der Waals surface area contributed by atoms with Crippen molar-refractivity contribution in [3.63, 3.8) is 0 Å². The summed E-state index contributed by atoms with van der Waals surface area (Å²) in [7, 11) is 1.66. The van der Waals surface area contributed by atoms with Crippen LogP contribution in [0.5, 0.6) is 5.75 Å². The quantitative estimate of drug-likeness (QED) is 0.882. The summed E-state index contributed by atoms with van der Waals surface area (Å²) in [4.78, 5) is 7.35. The summed E-state index contributed by atoms with van der Waals surface area (Å²) in [5.74, 6) is 0.855. The standard InChI is InChI=1S/C15H15NO3S.B/c1-18-12-2-4-13(5-3-12)20-14-6-7-15-11(10-14)8-9-19-16(15)17;/h2-7,10,17H,8-9H2,1H3;. The topological polar surface area (TPSA) is 41.9 Å². The fourth-order valence-electron chi connectivity index (χ4n) is 2.10. The number of rotatable bonds is 3. The minimum Gasteiger partial charge on any atom is -0.497 e. The van der Waals surface area contributed by atoms with E-state index in [4.69, 9.17) is 9.57 Å². The van der Waals surface area contributed by atoms with E-state index in [2.05, 4.69) is 6.07 Å². The first-order chi connectivity index (χ1) is 9.76. The summed E-state index contributed by atoms with van der Waals surface area (Å²) in [6, 6.07) is 13.9. The Kier molecular flexibility index (Phi) is 5.17. The fraction of sp³-hybridized carbons (Fsp3) is 0.200. The van der Waals surface area contributed by atoms with Gasteiger partial charge in [-0.15, -0.1) is 5.23 Å². The van der Waals surface area contributed by atoms with E-state index in [0.717, 1.165) is 38.4 Å². The molecule has 4 nitrogen and oxygen atoms in total. The van der Waals surface area contributed by atoms with Crippen LogP contribution in [0.15, 0.2) is 52.3 Å². The molecule has 107 valence electrons. The molecule has 2 aromatic carbocycles. The van der Waals surface area contributed by atoms with E-state index in [1.807, 2.05) is 36.4 Å². The van der Waals surface area contributed by atoms with Crippen molar-refractivity contribution in [3.8, 4) is 5.75 Å². The summed E-state index contributed by atoms with van der Waals surface area (Å²) in [6.07, 6.45) is 0.809. The second kappa shape index (κ2) is 6.89. The van der Waals surface area contributed by atoms with Crippen LogP contribution in [0, 0.1) is 0 Å². The van der Waals surface area contributed by atoms with Crippen LogP contribution in [0.2, 0.25) is 0 Å². The predicted molar refractivity (Wildman–Crippen MR) is 83.2 cm³/mol. The average molecular weight is 300 g/mol. The van der Waals surface area contributed by atoms with Crippen molar-refractivity contribution < 1.29 is 14.8 Å². The van der Waals surface area contributed by atoms with E-state index < -0.39 is 0 Å². The normalized spacial score (nSPS) is 13.3. The lowest BCUT2D eigenvalue weighted by Crippen LogP contribution is -2.26. The van der Waals surface area contributed by atoms with E-state index in [1.54, 1.807) is 18.9 Å². The molecule has 1 aliphatic rings. The van der Waals surface area contributed by atoms with E-state index >= 15 is 0 Å². The van der Waals surface area contributed by atoms with Gasteiger partial charge in [0.25, 0.3) is 0 Å². The number of anilines is 1. The van der Waals surface area contributed by atoms with Crippen LogP contribution in [0.25, 0.3) is 0 Å². The highest BCUT2D eigenvalue weighted by molar-refractivity contribution is 7.99. The second-order valence-electron chi connectivity index (χ2n) is 4.42. The molecule has 0 aromatic heterocycles. The predicted octanol–water partition coefficient (Wildman–Crippen LogP) is 3.15. The van der Waals surface area contributed by atoms with Crippen molar-refractivity contribution in [2.24, 2.45) is 0 Å². The highest BCUT2D eigenvalue weighted by atomic mass is 32.2. The molecular formula is C15H15BNO3S. The summed E-state index contributed by atoms with van der Waals surface area (Å²) in [6.45, 7) is 0.500. The summed E-state index contributed by atoms with van der Waals surface area (Å²) >= 11 is 1.68. The molecule has 6 heteroatoms. The Labute approximate surface area is 130 Å². The van der Waals surface area contributed by atoms with E-state index in [9.17, 15) is 5.21 Å². The van der Waals surface area contributed by atoms with Gasteiger partial charge in [0.1, 0.15) is 5.75 Å². The van der Waals surface area contributed by atoms with Crippen LogP contribution in [0.4, 0.5) is 5.69 Å². The number of fused-ring (bicyclic) bond motifs is 1. The Bertz CT molecular complexity index is 606. The molecule has 3 rings (SSSR count). The molecule has 2 aromatic rings. The Morgan fingerprint density at radius 1 is 1.14 bits per heavy atom. The van der Waals surface area contributed by atoms with E-state index in [-0.39, 0.29) is 8.41 Å². The van der Waals surface area contributed by atoms with Crippen molar-refractivity contribution in [2.45, 2.75) is 16.2 Å². The van der Waals surface area contributed by atoms with Crippen molar-refractivity contribution in [1.82, 2.24) is 0 Å². The van der Waals surface area contributed by atoms with Gasteiger partial charge < -0.3 is 4.74 Å². The zero-order valence-electron chi connectivity index (χ0n) is 11.7.